The zero-order valence-electron chi connectivity index (χ0n) is 11.6. The van der Waals surface area contributed by atoms with Crippen LogP contribution in [-0.2, 0) is 0 Å². The molecule has 1 aliphatic heterocycles. The SMILES string of the molecule is Cc1ccc2cc(C(=O)NC3CC4CNC3C4)ccn12. The van der Waals surface area contributed by atoms with Gasteiger partial charge in [-0.2, -0.15) is 0 Å². The van der Waals surface area contributed by atoms with E-state index >= 15 is 0 Å². The summed E-state index contributed by atoms with van der Waals surface area (Å²) < 4.78 is 2.09. The minimum absolute atomic E-state index is 0.0469. The molecule has 104 valence electrons. The van der Waals surface area contributed by atoms with Crippen LogP contribution in [0.25, 0.3) is 5.52 Å². The van der Waals surface area contributed by atoms with E-state index in [1.165, 1.54) is 12.1 Å². The van der Waals surface area contributed by atoms with Gasteiger partial charge >= 0.3 is 0 Å². The molecule has 1 aliphatic carbocycles. The number of rotatable bonds is 2. The number of hydrogen-bond donors (Lipinski definition) is 2. The first-order valence-electron chi connectivity index (χ1n) is 7.33. The fourth-order valence-electron chi connectivity index (χ4n) is 3.66. The molecular weight excluding hydrogens is 250 g/mol. The first kappa shape index (κ1) is 12.0. The highest BCUT2D eigenvalue weighted by Crippen LogP contribution is 2.31. The predicted molar refractivity (Wildman–Crippen MR) is 77.9 cm³/mol. The second-order valence-electron chi connectivity index (χ2n) is 6.12. The number of fused-ring (bicyclic) bond motifs is 3. The molecule has 4 rings (SSSR count). The van der Waals surface area contributed by atoms with Crippen molar-refractivity contribution < 1.29 is 4.79 Å². The number of pyridine rings is 1. The molecule has 0 aromatic carbocycles. The molecule has 1 saturated carbocycles. The van der Waals surface area contributed by atoms with Crippen LogP contribution in [0.3, 0.4) is 0 Å². The smallest absolute Gasteiger partial charge is 0.251 e. The Morgan fingerprint density at radius 3 is 3.00 bits per heavy atom. The first-order valence-corrected chi connectivity index (χ1v) is 7.33. The van der Waals surface area contributed by atoms with Gasteiger partial charge < -0.3 is 15.0 Å². The van der Waals surface area contributed by atoms with Crippen molar-refractivity contribution in [2.75, 3.05) is 6.54 Å². The molecule has 20 heavy (non-hydrogen) atoms. The molecule has 4 heteroatoms. The zero-order chi connectivity index (χ0) is 13.7. The molecule has 4 nitrogen and oxygen atoms in total. The minimum Gasteiger partial charge on any atom is -0.348 e. The Morgan fingerprint density at radius 2 is 2.25 bits per heavy atom. The Balaban J connectivity index is 1.54. The largest absolute Gasteiger partial charge is 0.348 e. The van der Waals surface area contributed by atoms with Gasteiger partial charge in [0.05, 0.1) is 0 Å². The van der Waals surface area contributed by atoms with E-state index < -0.39 is 0 Å². The lowest BCUT2D eigenvalue weighted by Gasteiger charge is -2.24. The van der Waals surface area contributed by atoms with Crippen LogP contribution in [0.15, 0.2) is 30.5 Å². The first-order chi connectivity index (χ1) is 9.70. The van der Waals surface area contributed by atoms with Gasteiger partial charge in [0.15, 0.2) is 0 Å². The van der Waals surface area contributed by atoms with Gasteiger partial charge in [-0.1, -0.05) is 0 Å². The van der Waals surface area contributed by atoms with E-state index in [2.05, 4.69) is 28.0 Å². The molecule has 0 radical (unpaired) electrons. The van der Waals surface area contributed by atoms with Crippen LogP contribution in [0.1, 0.15) is 28.9 Å². The molecule has 3 atom stereocenters. The van der Waals surface area contributed by atoms with Gasteiger partial charge in [-0.15, -0.1) is 0 Å². The molecule has 3 heterocycles. The molecule has 2 N–H and O–H groups in total. The van der Waals surface area contributed by atoms with E-state index in [0.717, 1.165) is 30.0 Å². The summed E-state index contributed by atoms with van der Waals surface area (Å²) in [5.74, 6) is 0.798. The molecule has 2 aromatic rings. The van der Waals surface area contributed by atoms with Gasteiger partial charge in [0, 0.05) is 35.1 Å². The number of nitrogens with one attached hydrogen (secondary N) is 2. The van der Waals surface area contributed by atoms with Gasteiger partial charge in [-0.05, 0) is 56.5 Å². The normalized spacial score (nSPS) is 28.1. The molecule has 2 bridgehead atoms. The molecule has 1 saturated heterocycles. The Bertz CT molecular complexity index is 675. The highest BCUT2D eigenvalue weighted by Gasteiger charge is 2.39. The van der Waals surface area contributed by atoms with Crippen LogP contribution < -0.4 is 10.6 Å². The van der Waals surface area contributed by atoms with Crippen molar-refractivity contribution >= 4 is 11.4 Å². The third-order valence-electron chi connectivity index (χ3n) is 4.77. The molecule has 2 fully saturated rings. The summed E-state index contributed by atoms with van der Waals surface area (Å²) >= 11 is 0. The van der Waals surface area contributed by atoms with Crippen LogP contribution in [-0.4, -0.2) is 28.9 Å². The topological polar surface area (TPSA) is 45.5 Å². The Kier molecular flexibility index (Phi) is 2.60. The van der Waals surface area contributed by atoms with Crippen molar-refractivity contribution in [1.29, 1.82) is 0 Å². The molecule has 2 aliphatic rings. The number of carbonyl (C=O) groups excluding carboxylic acids is 1. The summed E-state index contributed by atoms with van der Waals surface area (Å²) in [5.41, 5.74) is 3.00. The molecule has 1 amide bonds. The standard InChI is InChI=1S/C16H19N3O/c1-10-2-3-13-8-12(4-5-19(10)13)16(20)18-15-7-11-6-14(15)17-9-11/h2-5,8,11,14-15,17H,6-7,9H2,1H3,(H,18,20). The van der Waals surface area contributed by atoms with Gasteiger partial charge in [0.25, 0.3) is 5.91 Å². The van der Waals surface area contributed by atoms with Crippen molar-refractivity contribution in [3.63, 3.8) is 0 Å². The van der Waals surface area contributed by atoms with Crippen LogP contribution in [0.4, 0.5) is 0 Å². The fourth-order valence-corrected chi connectivity index (χ4v) is 3.66. The van der Waals surface area contributed by atoms with Gasteiger partial charge in [0.1, 0.15) is 0 Å². The zero-order valence-corrected chi connectivity index (χ0v) is 11.6. The Hall–Kier alpha value is -1.81. The number of hydrogen-bond acceptors (Lipinski definition) is 2. The number of amides is 1. The van der Waals surface area contributed by atoms with E-state index in [4.69, 9.17) is 0 Å². The second kappa shape index (κ2) is 4.35. The summed E-state index contributed by atoms with van der Waals surface area (Å²) in [4.78, 5) is 12.4. The maximum atomic E-state index is 12.4. The average Bonchev–Trinajstić information content (AvgIpc) is 3.14. The van der Waals surface area contributed by atoms with Crippen molar-refractivity contribution in [1.82, 2.24) is 15.0 Å². The van der Waals surface area contributed by atoms with E-state index in [0.29, 0.717) is 12.1 Å². The third-order valence-corrected chi connectivity index (χ3v) is 4.77. The lowest BCUT2D eigenvalue weighted by molar-refractivity contribution is 0.0928. The van der Waals surface area contributed by atoms with Crippen LogP contribution in [0, 0.1) is 12.8 Å². The summed E-state index contributed by atoms with van der Waals surface area (Å²) in [6, 6.07) is 8.75. The number of aryl methyl sites for hydroxylation is 1. The van der Waals surface area contributed by atoms with E-state index in [1.807, 2.05) is 24.4 Å². The van der Waals surface area contributed by atoms with Crippen molar-refractivity contribution in [3.8, 4) is 0 Å². The van der Waals surface area contributed by atoms with Gasteiger partial charge in [-0.3, -0.25) is 4.79 Å². The van der Waals surface area contributed by atoms with E-state index in [-0.39, 0.29) is 5.91 Å². The summed E-state index contributed by atoms with van der Waals surface area (Å²) in [6.07, 6.45) is 4.30. The quantitative estimate of drug-likeness (QED) is 0.872. The van der Waals surface area contributed by atoms with Gasteiger partial charge in [0.2, 0.25) is 0 Å². The van der Waals surface area contributed by atoms with Crippen LogP contribution in [0.2, 0.25) is 0 Å². The number of nitrogens with zero attached hydrogens (tertiary/aromatic N) is 1. The summed E-state index contributed by atoms with van der Waals surface area (Å²) in [6.45, 7) is 3.18. The lowest BCUT2D eigenvalue weighted by Crippen LogP contribution is -2.47. The average molecular weight is 269 g/mol. The van der Waals surface area contributed by atoms with Crippen molar-refractivity contribution in [2.24, 2.45) is 5.92 Å². The van der Waals surface area contributed by atoms with Crippen LogP contribution in [0.5, 0.6) is 0 Å². The maximum Gasteiger partial charge on any atom is 0.251 e. The number of aromatic nitrogens is 1. The molecular formula is C16H19N3O. The Labute approximate surface area is 118 Å². The van der Waals surface area contributed by atoms with Gasteiger partial charge in [-0.25, -0.2) is 0 Å². The number of piperidine rings is 1. The minimum atomic E-state index is 0.0469. The second-order valence-corrected chi connectivity index (χ2v) is 6.12. The predicted octanol–water partition coefficient (Wildman–Crippen LogP) is 1.73. The Morgan fingerprint density at radius 1 is 1.35 bits per heavy atom. The van der Waals surface area contributed by atoms with E-state index in [1.54, 1.807) is 0 Å². The van der Waals surface area contributed by atoms with Crippen molar-refractivity contribution in [3.05, 3.63) is 41.7 Å². The van der Waals surface area contributed by atoms with E-state index in [9.17, 15) is 4.79 Å². The molecule has 3 unspecified atom stereocenters. The molecule has 2 aromatic heterocycles. The summed E-state index contributed by atoms with van der Waals surface area (Å²) in [5, 5.41) is 6.66. The maximum absolute atomic E-state index is 12.4. The summed E-state index contributed by atoms with van der Waals surface area (Å²) in [7, 11) is 0. The highest BCUT2D eigenvalue weighted by atomic mass is 16.1. The number of carbonyl (C=O) groups is 1. The fraction of sp³-hybridized carbons (Fsp3) is 0.438. The third kappa shape index (κ3) is 1.83. The molecule has 0 spiro atoms. The highest BCUT2D eigenvalue weighted by molar-refractivity contribution is 5.95. The lowest BCUT2D eigenvalue weighted by atomic mass is 10.1. The van der Waals surface area contributed by atoms with Crippen molar-refractivity contribution in [2.45, 2.75) is 31.8 Å². The van der Waals surface area contributed by atoms with Crippen LogP contribution >= 0.6 is 0 Å². The monoisotopic (exact) mass is 269 g/mol.